The van der Waals surface area contributed by atoms with Crippen LogP contribution in [0.25, 0.3) is 10.9 Å². The summed E-state index contributed by atoms with van der Waals surface area (Å²) in [4.78, 5) is 27.3. The molecule has 44 heavy (non-hydrogen) atoms. The largest absolute Gasteiger partial charge is 0.451 e. The first-order valence-electron chi connectivity index (χ1n) is 13.5. The second-order valence-electron chi connectivity index (χ2n) is 10.3. The number of methoxy groups -OCH3 is 2. The number of rotatable bonds is 11. The molecule has 1 amide bonds. The van der Waals surface area contributed by atoms with Crippen LogP contribution in [0.3, 0.4) is 0 Å². The highest BCUT2D eigenvalue weighted by Crippen LogP contribution is 2.31. The van der Waals surface area contributed by atoms with Gasteiger partial charge in [0, 0.05) is 36.8 Å². The van der Waals surface area contributed by atoms with Crippen molar-refractivity contribution < 1.29 is 36.3 Å². The Kier molecular flexibility index (Phi) is 9.97. The Labute approximate surface area is 253 Å². The minimum Gasteiger partial charge on any atom is -0.451 e. The Morgan fingerprint density at radius 1 is 1.00 bits per heavy atom. The van der Waals surface area contributed by atoms with Gasteiger partial charge in [-0.25, -0.2) is 22.0 Å². The predicted molar refractivity (Wildman–Crippen MR) is 161 cm³/mol. The lowest BCUT2D eigenvalue weighted by Gasteiger charge is -2.20. The van der Waals surface area contributed by atoms with Gasteiger partial charge in [-0.3, -0.25) is 4.79 Å². The monoisotopic (exact) mass is 629 g/mol. The molecule has 0 aliphatic carbocycles. The van der Waals surface area contributed by atoms with Gasteiger partial charge in [0.25, 0.3) is 5.91 Å². The maximum Gasteiger partial charge on any atom is 0.435 e. The van der Waals surface area contributed by atoms with E-state index in [1.54, 1.807) is 13.2 Å². The van der Waals surface area contributed by atoms with Crippen molar-refractivity contribution in [2.45, 2.75) is 29.2 Å². The smallest absolute Gasteiger partial charge is 0.435 e. The number of halogens is 2. The van der Waals surface area contributed by atoms with Crippen LogP contribution in [0.2, 0.25) is 0 Å². The summed E-state index contributed by atoms with van der Waals surface area (Å²) < 4.78 is 65.1. The van der Waals surface area contributed by atoms with E-state index in [0.717, 1.165) is 23.8 Å². The molecule has 0 saturated carbocycles. The summed E-state index contributed by atoms with van der Waals surface area (Å²) in [6.07, 6.45) is -0.159. The molecule has 1 atom stereocenters. The fraction of sp³-hybridized carbons (Fsp3) is 0.300. The summed E-state index contributed by atoms with van der Waals surface area (Å²) in [5.41, 5.74) is 1.92. The SMILES string of the molecule is COCCNc1cc(CC(C)N(C)C)ccc1C(=O)Nc1nn(C(=O)OC)c2ccc(S(=O)(=O)c3cc(F)cc(F)c3)cc12. The number of fused-ring (bicyclic) bond motifs is 1. The fourth-order valence-electron chi connectivity index (χ4n) is 4.45. The molecule has 1 unspecified atom stereocenters. The number of ether oxygens (including phenoxy) is 2. The van der Waals surface area contributed by atoms with Gasteiger partial charge in [0.05, 0.1) is 34.6 Å². The van der Waals surface area contributed by atoms with Crippen LogP contribution in [0.4, 0.5) is 25.1 Å². The van der Waals surface area contributed by atoms with Crippen molar-refractivity contribution in [3.05, 3.63) is 77.4 Å². The van der Waals surface area contributed by atoms with E-state index in [1.807, 2.05) is 26.2 Å². The Bertz CT molecular complexity index is 1790. The minimum atomic E-state index is -4.40. The topological polar surface area (TPSA) is 132 Å². The predicted octanol–water partition coefficient (Wildman–Crippen LogP) is 4.57. The van der Waals surface area contributed by atoms with Crippen molar-refractivity contribution in [3.63, 3.8) is 0 Å². The molecule has 11 nitrogen and oxygen atoms in total. The highest BCUT2D eigenvalue weighted by molar-refractivity contribution is 7.91. The van der Waals surface area contributed by atoms with Crippen molar-refractivity contribution in [1.82, 2.24) is 14.7 Å². The molecule has 4 aromatic rings. The number of likely N-dealkylation sites (N-methyl/N-ethyl adjacent to an activating group) is 1. The Morgan fingerprint density at radius 2 is 1.70 bits per heavy atom. The first-order chi connectivity index (χ1) is 20.8. The van der Waals surface area contributed by atoms with Gasteiger partial charge < -0.3 is 25.0 Å². The zero-order valence-corrected chi connectivity index (χ0v) is 25.7. The third-order valence-corrected chi connectivity index (χ3v) is 8.78. The van der Waals surface area contributed by atoms with Gasteiger partial charge in [-0.2, -0.15) is 4.68 Å². The number of amides is 1. The first kappa shape index (κ1) is 32.5. The number of carbonyl (C=O) groups excluding carboxylic acids is 2. The average Bonchev–Trinajstić information content (AvgIpc) is 3.33. The summed E-state index contributed by atoms with van der Waals surface area (Å²) in [5, 5.41) is 10.1. The number of carbonyl (C=O) groups is 2. The van der Waals surface area contributed by atoms with E-state index in [2.05, 4.69) is 27.6 Å². The number of nitrogens with zero attached hydrogens (tertiary/aromatic N) is 3. The van der Waals surface area contributed by atoms with Crippen LogP contribution < -0.4 is 10.6 Å². The molecule has 0 fully saturated rings. The van der Waals surface area contributed by atoms with E-state index >= 15 is 0 Å². The molecule has 4 rings (SSSR count). The third kappa shape index (κ3) is 7.04. The second-order valence-corrected chi connectivity index (χ2v) is 12.2. The Hall–Kier alpha value is -4.40. The number of nitrogens with one attached hydrogen (secondary N) is 2. The quantitative estimate of drug-likeness (QED) is 0.229. The summed E-state index contributed by atoms with van der Waals surface area (Å²) >= 11 is 0. The molecule has 2 N–H and O–H groups in total. The van der Waals surface area contributed by atoms with E-state index in [4.69, 9.17) is 9.47 Å². The van der Waals surface area contributed by atoms with E-state index < -0.39 is 38.4 Å². The Morgan fingerprint density at radius 3 is 2.34 bits per heavy atom. The fourth-order valence-corrected chi connectivity index (χ4v) is 5.78. The number of benzene rings is 3. The first-order valence-corrected chi connectivity index (χ1v) is 15.0. The molecular formula is C30H33F2N5O6S. The van der Waals surface area contributed by atoms with Crippen molar-refractivity contribution in [3.8, 4) is 0 Å². The summed E-state index contributed by atoms with van der Waals surface area (Å²) in [7, 11) is 2.26. The van der Waals surface area contributed by atoms with Crippen molar-refractivity contribution >= 4 is 44.2 Å². The normalized spacial score (nSPS) is 12.4. The van der Waals surface area contributed by atoms with Gasteiger partial charge in [0.1, 0.15) is 11.6 Å². The number of hydrogen-bond donors (Lipinski definition) is 2. The van der Waals surface area contributed by atoms with E-state index in [9.17, 15) is 26.8 Å². The average molecular weight is 630 g/mol. The highest BCUT2D eigenvalue weighted by Gasteiger charge is 2.25. The third-order valence-electron chi connectivity index (χ3n) is 7.05. The van der Waals surface area contributed by atoms with Crippen LogP contribution >= 0.6 is 0 Å². The van der Waals surface area contributed by atoms with Gasteiger partial charge in [-0.15, -0.1) is 5.10 Å². The molecule has 3 aromatic carbocycles. The van der Waals surface area contributed by atoms with Crippen molar-refractivity contribution in [2.24, 2.45) is 0 Å². The summed E-state index contributed by atoms with van der Waals surface area (Å²) in [6, 6.07) is 11.2. The zero-order valence-electron chi connectivity index (χ0n) is 24.9. The summed E-state index contributed by atoms with van der Waals surface area (Å²) in [5.74, 6) is -2.85. The second kappa shape index (κ2) is 13.5. The van der Waals surface area contributed by atoms with E-state index in [1.165, 1.54) is 18.2 Å². The van der Waals surface area contributed by atoms with Crippen LogP contribution in [0, 0.1) is 11.6 Å². The van der Waals surface area contributed by atoms with Gasteiger partial charge in [-0.1, -0.05) is 6.07 Å². The number of sulfone groups is 1. The molecular weight excluding hydrogens is 596 g/mol. The number of hydrogen-bond acceptors (Lipinski definition) is 9. The lowest BCUT2D eigenvalue weighted by molar-refractivity contribution is 0.102. The minimum absolute atomic E-state index is 0.0759. The van der Waals surface area contributed by atoms with Crippen LogP contribution in [-0.4, -0.2) is 82.6 Å². The highest BCUT2D eigenvalue weighted by atomic mass is 32.2. The molecule has 0 aliphatic rings. The molecule has 14 heteroatoms. The van der Waals surface area contributed by atoms with Gasteiger partial charge >= 0.3 is 6.09 Å². The molecule has 0 aliphatic heterocycles. The number of aromatic nitrogens is 2. The lowest BCUT2D eigenvalue weighted by Crippen LogP contribution is -2.26. The van der Waals surface area contributed by atoms with Gasteiger partial charge in [-0.05, 0) is 75.5 Å². The van der Waals surface area contributed by atoms with Crippen molar-refractivity contribution in [2.75, 3.05) is 52.1 Å². The molecule has 0 radical (unpaired) electrons. The molecule has 1 heterocycles. The number of anilines is 2. The molecule has 0 bridgehead atoms. The molecule has 1 aromatic heterocycles. The Balaban J connectivity index is 1.77. The molecule has 234 valence electrons. The molecule has 0 spiro atoms. The van der Waals surface area contributed by atoms with E-state index in [-0.39, 0.29) is 33.2 Å². The van der Waals surface area contributed by atoms with Crippen LogP contribution in [-0.2, 0) is 25.7 Å². The van der Waals surface area contributed by atoms with E-state index in [0.29, 0.717) is 37.0 Å². The van der Waals surface area contributed by atoms with Gasteiger partial charge in [0.15, 0.2) is 5.82 Å². The van der Waals surface area contributed by atoms with Crippen molar-refractivity contribution in [1.29, 1.82) is 0 Å². The zero-order chi connectivity index (χ0) is 32.2. The maximum absolute atomic E-state index is 13.8. The standard InChI is InChI=1S/C30H33F2N5O6S/c1-18(36(2)3)12-19-6-8-24(26(13-19)33-10-11-42-4)29(38)34-28-25-17-22(7-9-27(25)37(35-28)30(39)43-5)44(40,41)23-15-20(31)14-21(32)16-23/h6-9,13-18,33H,10-12H2,1-5H3,(H,34,35,38). The lowest BCUT2D eigenvalue weighted by atomic mass is 10.0. The maximum atomic E-state index is 13.8. The van der Waals surface area contributed by atoms with Gasteiger partial charge in [0.2, 0.25) is 9.84 Å². The van der Waals surface area contributed by atoms with Crippen LogP contribution in [0.1, 0.15) is 22.8 Å². The van der Waals surface area contributed by atoms with Crippen LogP contribution in [0.15, 0.2) is 64.4 Å². The van der Waals surface area contributed by atoms with Crippen LogP contribution in [0.5, 0.6) is 0 Å². The molecule has 0 saturated heterocycles. The summed E-state index contributed by atoms with van der Waals surface area (Å²) in [6.45, 7) is 2.89.